The average Bonchev–Trinajstić information content (AvgIpc) is 2.93. The minimum atomic E-state index is 0.0184. The number of aromatic nitrogens is 1. The molecule has 118 valence electrons. The third-order valence-corrected chi connectivity index (χ3v) is 5.62. The SMILES string of the molecule is O=C(CCCc1nc2ccccc2s1)Nc1cc(Br)ccc1Br. The first-order chi connectivity index (χ1) is 11.1. The number of anilines is 1. The molecule has 0 fully saturated rings. The molecular formula is C17H14Br2N2OS. The molecule has 0 unspecified atom stereocenters. The van der Waals surface area contributed by atoms with Crippen molar-refractivity contribution in [3.05, 3.63) is 56.4 Å². The lowest BCUT2D eigenvalue weighted by molar-refractivity contribution is -0.116. The van der Waals surface area contributed by atoms with Gasteiger partial charge in [0, 0.05) is 15.4 Å². The molecule has 0 saturated heterocycles. The van der Waals surface area contributed by atoms with Gasteiger partial charge in [0.15, 0.2) is 0 Å². The third kappa shape index (κ3) is 4.40. The van der Waals surface area contributed by atoms with E-state index in [1.54, 1.807) is 11.3 Å². The third-order valence-electron chi connectivity index (χ3n) is 3.34. The summed E-state index contributed by atoms with van der Waals surface area (Å²) in [5.41, 5.74) is 1.82. The van der Waals surface area contributed by atoms with Crippen molar-refractivity contribution in [1.82, 2.24) is 4.98 Å². The Hall–Kier alpha value is -1.24. The molecule has 3 rings (SSSR count). The highest BCUT2D eigenvalue weighted by Gasteiger charge is 2.08. The van der Waals surface area contributed by atoms with Crippen molar-refractivity contribution in [1.29, 1.82) is 0 Å². The summed E-state index contributed by atoms with van der Waals surface area (Å²) in [6, 6.07) is 13.8. The van der Waals surface area contributed by atoms with E-state index in [0.29, 0.717) is 6.42 Å². The van der Waals surface area contributed by atoms with Gasteiger partial charge >= 0.3 is 0 Å². The maximum absolute atomic E-state index is 12.1. The molecule has 0 aliphatic heterocycles. The summed E-state index contributed by atoms with van der Waals surface area (Å²) in [6.45, 7) is 0. The van der Waals surface area contributed by atoms with Gasteiger partial charge in [-0.05, 0) is 59.1 Å². The number of nitrogens with zero attached hydrogens (tertiary/aromatic N) is 1. The normalized spacial score (nSPS) is 10.9. The Morgan fingerprint density at radius 2 is 2.00 bits per heavy atom. The van der Waals surface area contributed by atoms with Crippen molar-refractivity contribution < 1.29 is 4.79 Å². The number of aryl methyl sites for hydroxylation is 1. The second-order valence-electron chi connectivity index (χ2n) is 5.10. The number of halogens is 2. The zero-order valence-corrected chi connectivity index (χ0v) is 16.2. The molecular weight excluding hydrogens is 440 g/mol. The number of nitrogens with one attached hydrogen (secondary N) is 1. The predicted molar refractivity (Wildman–Crippen MR) is 103 cm³/mol. The number of thiazole rings is 1. The zero-order valence-electron chi connectivity index (χ0n) is 12.2. The van der Waals surface area contributed by atoms with Crippen LogP contribution < -0.4 is 5.32 Å². The maximum atomic E-state index is 12.1. The first-order valence-electron chi connectivity index (χ1n) is 7.21. The van der Waals surface area contributed by atoms with Crippen LogP contribution in [0, 0.1) is 0 Å². The van der Waals surface area contributed by atoms with E-state index in [1.165, 1.54) is 4.70 Å². The van der Waals surface area contributed by atoms with Crippen LogP contribution in [0.4, 0.5) is 5.69 Å². The van der Waals surface area contributed by atoms with Crippen molar-refractivity contribution in [2.75, 3.05) is 5.32 Å². The molecule has 1 N–H and O–H groups in total. The van der Waals surface area contributed by atoms with E-state index in [9.17, 15) is 4.79 Å². The van der Waals surface area contributed by atoms with Gasteiger partial charge in [0.1, 0.15) is 0 Å². The number of benzene rings is 2. The van der Waals surface area contributed by atoms with Gasteiger partial charge in [0.2, 0.25) is 5.91 Å². The van der Waals surface area contributed by atoms with Crippen LogP contribution in [0.1, 0.15) is 17.8 Å². The first kappa shape index (κ1) is 16.6. The fourth-order valence-electron chi connectivity index (χ4n) is 2.23. The van der Waals surface area contributed by atoms with E-state index in [1.807, 2.05) is 36.4 Å². The Labute approximate surface area is 155 Å². The van der Waals surface area contributed by atoms with Crippen LogP contribution in [0.15, 0.2) is 51.4 Å². The summed E-state index contributed by atoms with van der Waals surface area (Å²) in [7, 11) is 0. The van der Waals surface area contributed by atoms with Gasteiger partial charge < -0.3 is 5.32 Å². The van der Waals surface area contributed by atoms with Gasteiger partial charge in [-0.3, -0.25) is 4.79 Å². The van der Waals surface area contributed by atoms with Crippen LogP contribution in [0.3, 0.4) is 0 Å². The molecule has 0 bridgehead atoms. The number of hydrogen-bond acceptors (Lipinski definition) is 3. The van der Waals surface area contributed by atoms with Crippen LogP contribution in [-0.2, 0) is 11.2 Å². The van der Waals surface area contributed by atoms with E-state index in [0.717, 1.165) is 38.0 Å². The lowest BCUT2D eigenvalue weighted by atomic mass is 10.2. The van der Waals surface area contributed by atoms with Crippen molar-refractivity contribution in [2.24, 2.45) is 0 Å². The Balaban J connectivity index is 1.53. The minimum Gasteiger partial charge on any atom is -0.325 e. The van der Waals surface area contributed by atoms with E-state index in [2.05, 4.69) is 48.2 Å². The molecule has 6 heteroatoms. The average molecular weight is 454 g/mol. The summed E-state index contributed by atoms with van der Waals surface area (Å²) in [5, 5.41) is 4.02. The van der Waals surface area contributed by atoms with Crippen LogP contribution in [0.25, 0.3) is 10.2 Å². The molecule has 2 aromatic carbocycles. The minimum absolute atomic E-state index is 0.0184. The van der Waals surface area contributed by atoms with Crippen molar-refractivity contribution in [3.63, 3.8) is 0 Å². The molecule has 23 heavy (non-hydrogen) atoms. The number of para-hydroxylation sites is 1. The Morgan fingerprint density at radius 1 is 1.17 bits per heavy atom. The van der Waals surface area contributed by atoms with Crippen molar-refractivity contribution >= 4 is 65.0 Å². The molecule has 0 saturated carbocycles. The van der Waals surface area contributed by atoms with Crippen LogP contribution >= 0.6 is 43.2 Å². The largest absolute Gasteiger partial charge is 0.325 e. The van der Waals surface area contributed by atoms with Crippen LogP contribution in [0.5, 0.6) is 0 Å². The van der Waals surface area contributed by atoms with E-state index in [4.69, 9.17) is 0 Å². The summed E-state index contributed by atoms with van der Waals surface area (Å²) in [5.74, 6) is 0.0184. The second kappa shape index (κ2) is 7.55. The summed E-state index contributed by atoms with van der Waals surface area (Å²) in [6.07, 6.45) is 2.10. The topological polar surface area (TPSA) is 42.0 Å². The van der Waals surface area contributed by atoms with Gasteiger partial charge in [0.25, 0.3) is 0 Å². The van der Waals surface area contributed by atoms with Crippen molar-refractivity contribution in [3.8, 4) is 0 Å². The summed E-state index contributed by atoms with van der Waals surface area (Å²) < 4.78 is 3.01. The lowest BCUT2D eigenvalue weighted by Gasteiger charge is -2.07. The van der Waals surface area contributed by atoms with Gasteiger partial charge in [-0.2, -0.15) is 0 Å². The Kier molecular flexibility index (Phi) is 5.46. The molecule has 1 amide bonds. The number of rotatable bonds is 5. The molecule has 0 atom stereocenters. The van der Waals surface area contributed by atoms with Crippen LogP contribution in [-0.4, -0.2) is 10.9 Å². The Bertz CT molecular complexity index is 814. The molecule has 3 nitrogen and oxygen atoms in total. The fourth-order valence-corrected chi connectivity index (χ4v) is 3.95. The zero-order chi connectivity index (χ0) is 16.2. The maximum Gasteiger partial charge on any atom is 0.224 e. The monoisotopic (exact) mass is 452 g/mol. The second-order valence-corrected chi connectivity index (χ2v) is 7.99. The van der Waals surface area contributed by atoms with E-state index in [-0.39, 0.29) is 5.91 Å². The molecule has 0 spiro atoms. The number of carbonyl (C=O) groups is 1. The quantitative estimate of drug-likeness (QED) is 0.531. The van der Waals surface area contributed by atoms with E-state index >= 15 is 0 Å². The van der Waals surface area contributed by atoms with Gasteiger partial charge in [-0.1, -0.05) is 28.1 Å². The summed E-state index contributed by atoms with van der Waals surface area (Å²) >= 11 is 8.55. The molecule has 0 radical (unpaired) electrons. The predicted octanol–water partition coefficient (Wildman–Crippen LogP) is 5.78. The highest BCUT2D eigenvalue weighted by molar-refractivity contribution is 9.11. The molecule has 1 heterocycles. The number of hydrogen-bond donors (Lipinski definition) is 1. The Morgan fingerprint density at radius 3 is 2.83 bits per heavy atom. The number of amides is 1. The molecule has 0 aliphatic carbocycles. The highest BCUT2D eigenvalue weighted by Crippen LogP contribution is 2.26. The molecule has 0 aliphatic rings. The number of fused-ring (bicyclic) bond motifs is 1. The lowest BCUT2D eigenvalue weighted by Crippen LogP contribution is -2.11. The number of carbonyl (C=O) groups excluding carboxylic acids is 1. The smallest absolute Gasteiger partial charge is 0.224 e. The van der Waals surface area contributed by atoms with Gasteiger partial charge in [-0.25, -0.2) is 4.98 Å². The van der Waals surface area contributed by atoms with Crippen LogP contribution in [0.2, 0.25) is 0 Å². The standard InChI is InChI=1S/C17H14Br2N2OS/c18-11-8-9-12(19)14(10-11)20-16(22)6-3-7-17-21-13-4-1-2-5-15(13)23-17/h1-2,4-5,8-10H,3,6-7H2,(H,20,22). The van der Waals surface area contributed by atoms with E-state index < -0.39 is 0 Å². The fraction of sp³-hybridized carbons (Fsp3) is 0.176. The van der Waals surface area contributed by atoms with Crippen molar-refractivity contribution in [2.45, 2.75) is 19.3 Å². The molecule has 3 aromatic rings. The van der Waals surface area contributed by atoms with Gasteiger partial charge in [0.05, 0.1) is 20.9 Å². The first-order valence-corrected chi connectivity index (χ1v) is 9.61. The summed E-state index contributed by atoms with van der Waals surface area (Å²) in [4.78, 5) is 16.7. The molecule has 1 aromatic heterocycles. The van der Waals surface area contributed by atoms with Gasteiger partial charge in [-0.15, -0.1) is 11.3 Å². The highest BCUT2D eigenvalue weighted by atomic mass is 79.9.